The number of amides is 1. The summed E-state index contributed by atoms with van der Waals surface area (Å²) in [5.74, 6) is 0.534. The van der Waals surface area contributed by atoms with Gasteiger partial charge in [-0.2, -0.15) is 0 Å². The predicted octanol–water partition coefficient (Wildman–Crippen LogP) is 2.94. The summed E-state index contributed by atoms with van der Waals surface area (Å²) in [4.78, 5) is 11.9. The number of nitrogens with one attached hydrogen (secondary N) is 1. The van der Waals surface area contributed by atoms with E-state index in [-0.39, 0.29) is 18.6 Å². The summed E-state index contributed by atoms with van der Waals surface area (Å²) < 4.78 is 0. The number of halogens is 1. The van der Waals surface area contributed by atoms with Crippen molar-refractivity contribution in [2.24, 2.45) is 5.92 Å². The zero-order chi connectivity index (χ0) is 14.4. The van der Waals surface area contributed by atoms with E-state index in [1.165, 1.54) is 0 Å². The van der Waals surface area contributed by atoms with E-state index in [2.05, 4.69) is 5.32 Å². The summed E-state index contributed by atoms with van der Waals surface area (Å²) in [5, 5.41) is 12.9. The first-order chi connectivity index (χ1) is 9.67. The highest BCUT2D eigenvalue weighted by Crippen LogP contribution is 2.23. The number of carbonyl (C=O) groups is 1. The van der Waals surface area contributed by atoms with Crippen molar-refractivity contribution in [3.8, 4) is 0 Å². The number of rotatable bonds is 5. The first-order valence-corrected chi connectivity index (χ1v) is 7.70. The van der Waals surface area contributed by atoms with Crippen LogP contribution in [0.4, 0.5) is 0 Å². The third kappa shape index (κ3) is 4.80. The standard InChI is InChI=1S/C16H22ClNO2/c17-14-3-1-2-12(10-14)6-9-16(20)18-15-7-4-13(11-19)5-8-15/h1-3,10,13,15,19H,4-9,11H2,(H,18,20). The Balaban J connectivity index is 1.71. The normalized spacial score (nSPS) is 22.5. The van der Waals surface area contributed by atoms with E-state index >= 15 is 0 Å². The molecule has 1 aliphatic rings. The summed E-state index contributed by atoms with van der Waals surface area (Å²) in [7, 11) is 0. The molecule has 20 heavy (non-hydrogen) atoms. The Morgan fingerprint density at radius 1 is 1.30 bits per heavy atom. The van der Waals surface area contributed by atoms with Crippen molar-refractivity contribution in [1.29, 1.82) is 0 Å². The van der Waals surface area contributed by atoms with Crippen molar-refractivity contribution < 1.29 is 9.90 Å². The maximum atomic E-state index is 11.9. The van der Waals surface area contributed by atoms with Crippen LogP contribution in [0.15, 0.2) is 24.3 Å². The highest BCUT2D eigenvalue weighted by Gasteiger charge is 2.21. The summed E-state index contributed by atoms with van der Waals surface area (Å²) in [6.45, 7) is 0.273. The fraction of sp³-hybridized carbons (Fsp3) is 0.562. The van der Waals surface area contributed by atoms with E-state index in [1.807, 2.05) is 24.3 Å². The Morgan fingerprint density at radius 2 is 2.05 bits per heavy atom. The highest BCUT2D eigenvalue weighted by molar-refractivity contribution is 6.30. The predicted molar refractivity (Wildman–Crippen MR) is 80.7 cm³/mol. The van der Waals surface area contributed by atoms with Crippen LogP contribution < -0.4 is 5.32 Å². The zero-order valence-corrected chi connectivity index (χ0v) is 12.4. The van der Waals surface area contributed by atoms with Crippen LogP contribution in [0.2, 0.25) is 5.02 Å². The van der Waals surface area contributed by atoms with Crippen molar-refractivity contribution in [1.82, 2.24) is 5.32 Å². The van der Waals surface area contributed by atoms with E-state index in [0.717, 1.165) is 37.7 Å². The molecule has 110 valence electrons. The molecule has 1 amide bonds. The number of hydrogen-bond donors (Lipinski definition) is 2. The first kappa shape index (κ1) is 15.3. The van der Waals surface area contributed by atoms with Crippen molar-refractivity contribution in [3.63, 3.8) is 0 Å². The van der Waals surface area contributed by atoms with Crippen LogP contribution in [0.5, 0.6) is 0 Å². The minimum absolute atomic E-state index is 0.109. The molecule has 1 saturated carbocycles. The van der Waals surface area contributed by atoms with Crippen LogP contribution in [-0.4, -0.2) is 23.7 Å². The quantitative estimate of drug-likeness (QED) is 0.877. The third-order valence-corrected chi connectivity index (χ3v) is 4.23. The lowest BCUT2D eigenvalue weighted by molar-refractivity contribution is -0.122. The van der Waals surface area contributed by atoms with Gasteiger partial charge in [0.05, 0.1) is 0 Å². The summed E-state index contributed by atoms with van der Waals surface area (Å²) >= 11 is 5.92. The molecule has 2 N–H and O–H groups in total. The van der Waals surface area contributed by atoms with Gasteiger partial charge in [-0.05, 0) is 55.7 Å². The van der Waals surface area contributed by atoms with E-state index < -0.39 is 0 Å². The van der Waals surface area contributed by atoms with Gasteiger partial charge < -0.3 is 10.4 Å². The smallest absolute Gasteiger partial charge is 0.220 e. The second-order valence-corrected chi connectivity index (χ2v) is 6.03. The topological polar surface area (TPSA) is 49.3 Å². The Labute approximate surface area is 125 Å². The number of aliphatic hydroxyl groups is 1. The van der Waals surface area contributed by atoms with Gasteiger partial charge in [-0.3, -0.25) is 4.79 Å². The molecule has 2 rings (SSSR count). The molecule has 0 aliphatic heterocycles. The van der Waals surface area contributed by atoms with Crippen molar-refractivity contribution in [2.45, 2.75) is 44.6 Å². The average molecular weight is 296 g/mol. The molecule has 1 aromatic rings. The minimum Gasteiger partial charge on any atom is -0.396 e. The number of hydrogen-bond acceptors (Lipinski definition) is 2. The Morgan fingerprint density at radius 3 is 2.70 bits per heavy atom. The van der Waals surface area contributed by atoms with Gasteiger partial charge in [0, 0.05) is 24.1 Å². The second kappa shape index (κ2) is 7.65. The zero-order valence-electron chi connectivity index (χ0n) is 11.6. The van der Waals surface area contributed by atoms with E-state index in [1.54, 1.807) is 0 Å². The number of aliphatic hydroxyl groups excluding tert-OH is 1. The lowest BCUT2D eigenvalue weighted by Gasteiger charge is -2.27. The molecule has 0 heterocycles. The average Bonchev–Trinajstić information content (AvgIpc) is 2.46. The van der Waals surface area contributed by atoms with Crippen molar-refractivity contribution in [3.05, 3.63) is 34.9 Å². The molecule has 1 fully saturated rings. The lowest BCUT2D eigenvalue weighted by atomic mass is 9.86. The molecule has 0 spiro atoms. The van der Waals surface area contributed by atoms with Crippen molar-refractivity contribution >= 4 is 17.5 Å². The maximum absolute atomic E-state index is 11.9. The van der Waals surface area contributed by atoms with Gasteiger partial charge in [-0.25, -0.2) is 0 Å². The lowest BCUT2D eigenvalue weighted by Crippen LogP contribution is -2.38. The minimum atomic E-state index is 0.109. The molecule has 3 nitrogen and oxygen atoms in total. The summed E-state index contributed by atoms with van der Waals surface area (Å²) in [6, 6.07) is 7.92. The molecule has 0 unspecified atom stereocenters. The van der Waals surface area contributed by atoms with Gasteiger partial charge in [-0.1, -0.05) is 23.7 Å². The van der Waals surface area contributed by atoms with Crippen LogP contribution in [0, 0.1) is 5.92 Å². The fourth-order valence-corrected chi connectivity index (χ4v) is 2.95. The third-order valence-electron chi connectivity index (χ3n) is 4.00. The Kier molecular flexibility index (Phi) is 5.86. The van der Waals surface area contributed by atoms with Crippen LogP contribution in [0.3, 0.4) is 0 Å². The fourth-order valence-electron chi connectivity index (χ4n) is 2.74. The number of aryl methyl sites for hydroxylation is 1. The number of carbonyl (C=O) groups excluding carboxylic acids is 1. The van der Waals surface area contributed by atoms with Crippen LogP contribution in [0.1, 0.15) is 37.7 Å². The molecule has 0 saturated heterocycles. The second-order valence-electron chi connectivity index (χ2n) is 5.60. The molecule has 0 atom stereocenters. The molecule has 1 aromatic carbocycles. The summed E-state index contributed by atoms with van der Waals surface area (Å²) in [6.07, 6.45) is 5.20. The highest BCUT2D eigenvalue weighted by atomic mass is 35.5. The molecule has 4 heteroatoms. The SMILES string of the molecule is O=C(CCc1cccc(Cl)c1)NC1CCC(CO)CC1. The van der Waals surface area contributed by atoms with Gasteiger partial charge in [0.1, 0.15) is 0 Å². The van der Waals surface area contributed by atoms with Crippen LogP contribution >= 0.6 is 11.6 Å². The van der Waals surface area contributed by atoms with Crippen LogP contribution in [-0.2, 0) is 11.2 Å². The molecule has 0 bridgehead atoms. The van der Waals surface area contributed by atoms with Gasteiger partial charge >= 0.3 is 0 Å². The van der Waals surface area contributed by atoms with Crippen molar-refractivity contribution in [2.75, 3.05) is 6.61 Å². The van der Waals surface area contributed by atoms with E-state index in [4.69, 9.17) is 16.7 Å². The molecular weight excluding hydrogens is 274 g/mol. The van der Waals surface area contributed by atoms with Gasteiger partial charge in [0.15, 0.2) is 0 Å². The largest absolute Gasteiger partial charge is 0.396 e. The number of benzene rings is 1. The maximum Gasteiger partial charge on any atom is 0.220 e. The Bertz CT molecular complexity index is 442. The Hall–Kier alpha value is -1.06. The molecule has 1 aliphatic carbocycles. The van der Waals surface area contributed by atoms with Gasteiger partial charge in [0.25, 0.3) is 0 Å². The summed E-state index contributed by atoms with van der Waals surface area (Å²) in [5.41, 5.74) is 1.09. The van der Waals surface area contributed by atoms with Gasteiger partial charge in [0.2, 0.25) is 5.91 Å². The van der Waals surface area contributed by atoms with Gasteiger partial charge in [-0.15, -0.1) is 0 Å². The van der Waals surface area contributed by atoms with Crippen LogP contribution in [0.25, 0.3) is 0 Å². The van der Waals surface area contributed by atoms with E-state index in [0.29, 0.717) is 17.4 Å². The van der Waals surface area contributed by atoms with E-state index in [9.17, 15) is 4.79 Å². The monoisotopic (exact) mass is 295 g/mol. The molecule has 0 radical (unpaired) electrons. The molecule has 0 aromatic heterocycles. The molecular formula is C16H22ClNO2. The first-order valence-electron chi connectivity index (χ1n) is 7.32.